The molecule has 1 aliphatic rings. The summed E-state index contributed by atoms with van der Waals surface area (Å²) in [5.41, 5.74) is 0. The van der Waals surface area contributed by atoms with Crippen molar-refractivity contribution in [3.05, 3.63) is 49.4 Å². The van der Waals surface area contributed by atoms with Gasteiger partial charge in [-0.25, -0.2) is 0 Å². The molecule has 0 spiro atoms. The second-order valence-electron chi connectivity index (χ2n) is 2.34. The van der Waals surface area contributed by atoms with E-state index in [0.29, 0.717) is 12.8 Å². The van der Waals surface area contributed by atoms with Gasteiger partial charge < -0.3 is 9.47 Å². The first-order valence-corrected chi connectivity index (χ1v) is 3.80. The fourth-order valence-corrected chi connectivity index (χ4v) is 0.937. The van der Waals surface area contributed by atoms with E-state index in [0.717, 1.165) is 11.5 Å². The van der Waals surface area contributed by atoms with Crippen molar-refractivity contribution in [3.63, 3.8) is 0 Å². The summed E-state index contributed by atoms with van der Waals surface area (Å²) in [5.74, 6) is 1.62. The summed E-state index contributed by atoms with van der Waals surface area (Å²) < 4.78 is 10.5. The van der Waals surface area contributed by atoms with Gasteiger partial charge in [0.2, 0.25) is 0 Å². The molecule has 0 aromatic carbocycles. The van der Waals surface area contributed by atoms with Gasteiger partial charge in [0, 0.05) is 12.8 Å². The van der Waals surface area contributed by atoms with Crippen LogP contribution in [0.15, 0.2) is 49.4 Å². The molecular formula is C10H12O2. The molecule has 0 fully saturated rings. The van der Waals surface area contributed by atoms with Gasteiger partial charge in [0.15, 0.2) is 0 Å². The molecule has 0 aromatic heterocycles. The average molecular weight is 164 g/mol. The molecule has 12 heavy (non-hydrogen) atoms. The van der Waals surface area contributed by atoms with Crippen molar-refractivity contribution in [2.24, 2.45) is 0 Å². The molecule has 0 atom stereocenters. The van der Waals surface area contributed by atoms with E-state index >= 15 is 0 Å². The SMILES string of the molecule is C=CCC1=C(CC=C)OC=CO1. The van der Waals surface area contributed by atoms with Gasteiger partial charge >= 0.3 is 0 Å². The van der Waals surface area contributed by atoms with Gasteiger partial charge in [0.05, 0.1) is 0 Å². The van der Waals surface area contributed by atoms with E-state index in [2.05, 4.69) is 13.2 Å². The van der Waals surface area contributed by atoms with E-state index in [-0.39, 0.29) is 0 Å². The monoisotopic (exact) mass is 164 g/mol. The third-order valence-corrected chi connectivity index (χ3v) is 1.45. The van der Waals surface area contributed by atoms with Crippen molar-refractivity contribution < 1.29 is 9.47 Å². The zero-order valence-electron chi connectivity index (χ0n) is 6.95. The average Bonchev–Trinajstić information content (AvgIpc) is 2.09. The minimum absolute atomic E-state index is 0.688. The third-order valence-electron chi connectivity index (χ3n) is 1.45. The van der Waals surface area contributed by atoms with Crippen LogP contribution in [0.3, 0.4) is 0 Å². The molecule has 2 nitrogen and oxygen atoms in total. The maximum Gasteiger partial charge on any atom is 0.146 e. The maximum absolute atomic E-state index is 5.24. The molecule has 0 unspecified atom stereocenters. The van der Waals surface area contributed by atoms with Crippen LogP contribution in [-0.2, 0) is 9.47 Å². The van der Waals surface area contributed by atoms with Crippen LogP contribution in [0.1, 0.15) is 12.8 Å². The summed E-state index contributed by atoms with van der Waals surface area (Å²) in [7, 11) is 0. The Balaban J connectivity index is 2.69. The Bertz CT molecular complexity index is 204. The van der Waals surface area contributed by atoms with Gasteiger partial charge in [-0.3, -0.25) is 0 Å². The summed E-state index contributed by atoms with van der Waals surface area (Å²) in [6.07, 6.45) is 7.97. The van der Waals surface area contributed by atoms with Gasteiger partial charge in [0.25, 0.3) is 0 Å². The van der Waals surface area contributed by atoms with Crippen LogP contribution in [0.4, 0.5) is 0 Å². The third kappa shape index (κ3) is 2.02. The fraction of sp³-hybridized carbons (Fsp3) is 0.200. The minimum atomic E-state index is 0.688. The van der Waals surface area contributed by atoms with Crippen molar-refractivity contribution >= 4 is 0 Å². The van der Waals surface area contributed by atoms with Crippen LogP contribution in [0, 0.1) is 0 Å². The molecule has 64 valence electrons. The Hall–Kier alpha value is -1.44. The van der Waals surface area contributed by atoms with Crippen LogP contribution in [0.5, 0.6) is 0 Å². The molecule has 1 rings (SSSR count). The minimum Gasteiger partial charge on any atom is -0.462 e. The summed E-state index contributed by atoms with van der Waals surface area (Å²) in [5, 5.41) is 0. The molecular weight excluding hydrogens is 152 g/mol. The molecule has 0 aromatic rings. The lowest BCUT2D eigenvalue weighted by atomic mass is 10.2. The summed E-state index contributed by atoms with van der Waals surface area (Å²) >= 11 is 0. The first-order valence-electron chi connectivity index (χ1n) is 3.80. The zero-order chi connectivity index (χ0) is 8.81. The van der Waals surface area contributed by atoms with E-state index in [1.165, 1.54) is 12.5 Å². The van der Waals surface area contributed by atoms with Crippen LogP contribution in [0.25, 0.3) is 0 Å². The van der Waals surface area contributed by atoms with Gasteiger partial charge in [-0.15, -0.1) is 13.2 Å². The van der Waals surface area contributed by atoms with Crippen molar-refractivity contribution in [2.75, 3.05) is 0 Å². The molecule has 0 radical (unpaired) electrons. The Labute approximate surface area is 72.5 Å². The van der Waals surface area contributed by atoms with Crippen LogP contribution in [-0.4, -0.2) is 0 Å². The predicted octanol–water partition coefficient (Wildman–Crippen LogP) is 2.87. The number of ether oxygens (including phenoxy) is 2. The molecule has 0 bridgehead atoms. The van der Waals surface area contributed by atoms with Gasteiger partial charge in [-0.2, -0.15) is 0 Å². The molecule has 0 aliphatic carbocycles. The first kappa shape index (κ1) is 8.65. The van der Waals surface area contributed by atoms with E-state index in [1.807, 2.05) is 0 Å². The van der Waals surface area contributed by atoms with Crippen molar-refractivity contribution in [1.29, 1.82) is 0 Å². The standard InChI is InChI=1S/C10H12O2/c1-3-5-9-10(6-4-2)12-8-7-11-9/h3-4,7-8H,1-2,5-6H2. The second-order valence-corrected chi connectivity index (χ2v) is 2.34. The van der Waals surface area contributed by atoms with Crippen LogP contribution < -0.4 is 0 Å². The molecule has 2 heteroatoms. The topological polar surface area (TPSA) is 18.5 Å². The van der Waals surface area contributed by atoms with Crippen molar-refractivity contribution in [2.45, 2.75) is 12.8 Å². The number of rotatable bonds is 4. The van der Waals surface area contributed by atoms with Crippen molar-refractivity contribution in [3.8, 4) is 0 Å². The molecule has 0 amide bonds. The van der Waals surface area contributed by atoms with E-state index < -0.39 is 0 Å². The molecule has 0 saturated carbocycles. The molecule has 0 saturated heterocycles. The van der Waals surface area contributed by atoms with Crippen molar-refractivity contribution in [1.82, 2.24) is 0 Å². The van der Waals surface area contributed by atoms with Crippen LogP contribution in [0.2, 0.25) is 0 Å². The largest absolute Gasteiger partial charge is 0.462 e. The van der Waals surface area contributed by atoms with Gasteiger partial charge in [-0.1, -0.05) is 12.2 Å². The lowest BCUT2D eigenvalue weighted by Crippen LogP contribution is -1.99. The molecule has 1 heterocycles. The number of hydrogen-bond donors (Lipinski definition) is 0. The molecule has 1 aliphatic heterocycles. The molecule has 0 N–H and O–H groups in total. The number of allylic oxidation sites excluding steroid dienone is 2. The summed E-state index contributed by atoms with van der Waals surface area (Å²) in [6.45, 7) is 7.26. The highest BCUT2D eigenvalue weighted by Crippen LogP contribution is 2.20. The summed E-state index contributed by atoms with van der Waals surface area (Å²) in [6, 6.07) is 0. The zero-order valence-corrected chi connectivity index (χ0v) is 6.95. The highest BCUT2D eigenvalue weighted by molar-refractivity contribution is 5.12. The van der Waals surface area contributed by atoms with E-state index in [1.54, 1.807) is 12.2 Å². The Kier molecular flexibility index (Phi) is 3.20. The summed E-state index contributed by atoms with van der Waals surface area (Å²) in [4.78, 5) is 0. The van der Waals surface area contributed by atoms with E-state index in [4.69, 9.17) is 9.47 Å². The van der Waals surface area contributed by atoms with Crippen LogP contribution >= 0.6 is 0 Å². The Morgan fingerprint density at radius 1 is 1.00 bits per heavy atom. The van der Waals surface area contributed by atoms with Gasteiger partial charge in [-0.05, 0) is 0 Å². The van der Waals surface area contributed by atoms with Gasteiger partial charge in [0.1, 0.15) is 24.0 Å². The highest BCUT2D eigenvalue weighted by atomic mass is 16.5. The Morgan fingerprint density at radius 2 is 1.42 bits per heavy atom. The second kappa shape index (κ2) is 4.44. The smallest absolute Gasteiger partial charge is 0.146 e. The predicted molar refractivity (Wildman–Crippen MR) is 48.0 cm³/mol. The number of hydrogen-bond acceptors (Lipinski definition) is 2. The van der Waals surface area contributed by atoms with E-state index in [9.17, 15) is 0 Å². The normalized spacial score (nSPS) is 15.0. The lowest BCUT2D eigenvalue weighted by molar-refractivity contribution is 0.218. The highest BCUT2D eigenvalue weighted by Gasteiger charge is 2.09. The fourth-order valence-electron chi connectivity index (χ4n) is 0.937. The first-order chi connectivity index (χ1) is 5.88. The lowest BCUT2D eigenvalue weighted by Gasteiger charge is -2.14. The maximum atomic E-state index is 5.24. The Morgan fingerprint density at radius 3 is 1.75 bits per heavy atom. The quantitative estimate of drug-likeness (QED) is 0.595.